The highest BCUT2D eigenvalue weighted by atomic mass is 15.3. The van der Waals surface area contributed by atoms with Crippen LogP contribution in [0.25, 0.3) is 0 Å². The molecule has 3 rings (SSSR count). The van der Waals surface area contributed by atoms with Gasteiger partial charge < -0.3 is 9.80 Å². The lowest BCUT2D eigenvalue weighted by atomic mass is 9.87. The minimum absolute atomic E-state index is 1.02. The van der Waals surface area contributed by atoms with Gasteiger partial charge >= 0.3 is 0 Å². The Bertz CT molecular complexity index is 284. The Morgan fingerprint density at radius 2 is 1.05 bits per heavy atom. The van der Waals surface area contributed by atoms with Crippen LogP contribution >= 0.6 is 0 Å². The summed E-state index contributed by atoms with van der Waals surface area (Å²) in [6.07, 6.45) is 22.3. The van der Waals surface area contributed by atoms with Gasteiger partial charge in [0.05, 0.1) is 6.67 Å². The van der Waals surface area contributed by atoms with Gasteiger partial charge in [-0.3, -0.25) is 0 Å². The van der Waals surface area contributed by atoms with Crippen LogP contribution in [0.3, 0.4) is 0 Å². The smallest absolute Gasteiger partial charge is 0.0893 e. The van der Waals surface area contributed by atoms with E-state index in [4.69, 9.17) is 0 Å². The molecule has 0 unspecified atom stereocenters. The van der Waals surface area contributed by atoms with Crippen molar-refractivity contribution in [2.24, 2.45) is 11.8 Å². The third kappa shape index (κ3) is 4.93. The first-order chi connectivity index (χ1) is 10.4. The molecule has 21 heavy (non-hydrogen) atoms. The summed E-state index contributed by atoms with van der Waals surface area (Å²) >= 11 is 0. The highest BCUT2D eigenvalue weighted by molar-refractivity contribution is 4.91. The fourth-order valence-corrected chi connectivity index (χ4v) is 4.46. The summed E-state index contributed by atoms with van der Waals surface area (Å²) in [5, 5.41) is 0. The highest BCUT2D eigenvalue weighted by Gasteiger charge is 2.18. The predicted octanol–water partition coefficient (Wildman–Crippen LogP) is 4.97. The second-order valence-corrected chi connectivity index (χ2v) is 7.65. The molecule has 2 heteroatoms. The fourth-order valence-electron chi connectivity index (χ4n) is 4.46. The van der Waals surface area contributed by atoms with Crippen LogP contribution in [0.2, 0.25) is 0 Å². The maximum atomic E-state index is 2.54. The van der Waals surface area contributed by atoms with Crippen molar-refractivity contribution < 1.29 is 0 Å². The molecule has 0 amide bonds. The van der Waals surface area contributed by atoms with E-state index in [1.807, 2.05) is 0 Å². The van der Waals surface area contributed by atoms with Crippen molar-refractivity contribution >= 4 is 0 Å². The van der Waals surface area contributed by atoms with Gasteiger partial charge in [0.2, 0.25) is 0 Å². The number of hydrogen-bond donors (Lipinski definition) is 0. The molecular formula is C19H34N2. The first kappa shape index (κ1) is 15.2. The Morgan fingerprint density at radius 1 is 0.619 bits per heavy atom. The van der Waals surface area contributed by atoms with E-state index in [-0.39, 0.29) is 0 Å². The zero-order chi connectivity index (χ0) is 14.3. The predicted molar refractivity (Wildman–Crippen MR) is 89.8 cm³/mol. The van der Waals surface area contributed by atoms with Gasteiger partial charge in [-0.2, -0.15) is 0 Å². The molecule has 0 saturated heterocycles. The summed E-state index contributed by atoms with van der Waals surface area (Å²) in [6.45, 7) is 3.71. The van der Waals surface area contributed by atoms with Crippen LogP contribution in [0, 0.1) is 11.8 Å². The average molecular weight is 290 g/mol. The first-order valence-electron chi connectivity index (χ1n) is 9.56. The van der Waals surface area contributed by atoms with Crippen LogP contribution in [0.1, 0.15) is 77.0 Å². The van der Waals surface area contributed by atoms with E-state index in [0.29, 0.717) is 0 Å². The van der Waals surface area contributed by atoms with E-state index < -0.39 is 0 Å². The second kappa shape index (κ2) is 8.10. The summed E-state index contributed by atoms with van der Waals surface area (Å²) in [5.74, 6) is 2.03. The summed E-state index contributed by atoms with van der Waals surface area (Å²) in [7, 11) is 0. The Kier molecular flexibility index (Phi) is 5.88. The Labute approximate surface area is 131 Å². The Balaban J connectivity index is 1.29. The minimum atomic E-state index is 1.02. The molecule has 0 atom stereocenters. The summed E-state index contributed by atoms with van der Waals surface area (Å²) in [6, 6.07) is 0. The second-order valence-electron chi connectivity index (χ2n) is 7.65. The van der Waals surface area contributed by atoms with E-state index in [9.17, 15) is 0 Å². The van der Waals surface area contributed by atoms with Crippen molar-refractivity contribution in [3.63, 3.8) is 0 Å². The maximum Gasteiger partial charge on any atom is 0.0893 e. The summed E-state index contributed by atoms with van der Waals surface area (Å²) in [5.41, 5.74) is 0. The molecule has 2 nitrogen and oxygen atoms in total. The van der Waals surface area contributed by atoms with Crippen LogP contribution < -0.4 is 0 Å². The number of nitrogens with zero attached hydrogens (tertiary/aromatic N) is 2. The molecule has 0 bridgehead atoms. The minimum Gasteiger partial charge on any atom is -0.359 e. The molecule has 0 aromatic carbocycles. The molecular weight excluding hydrogens is 256 g/mol. The molecule has 0 radical (unpaired) electrons. The quantitative estimate of drug-likeness (QED) is 0.681. The van der Waals surface area contributed by atoms with Crippen LogP contribution in [0.15, 0.2) is 12.4 Å². The van der Waals surface area contributed by atoms with E-state index in [2.05, 4.69) is 22.2 Å². The normalized spacial score (nSPS) is 25.0. The standard InChI is InChI=1S/C19H34N2/c1-3-7-18(8-4-1)11-13-20-15-16-21(17-20)14-12-19-9-5-2-6-10-19/h15-16,18-19H,1-14,17H2. The molecule has 1 aliphatic heterocycles. The topological polar surface area (TPSA) is 6.48 Å². The third-order valence-corrected chi connectivity index (χ3v) is 5.95. The first-order valence-corrected chi connectivity index (χ1v) is 9.56. The van der Waals surface area contributed by atoms with E-state index in [0.717, 1.165) is 18.5 Å². The maximum absolute atomic E-state index is 2.54. The van der Waals surface area contributed by atoms with Gasteiger partial charge in [0, 0.05) is 25.5 Å². The average Bonchev–Trinajstić information content (AvgIpc) is 3.01. The van der Waals surface area contributed by atoms with Gasteiger partial charge in [0.15, 0.2) is 0 Å². The van der Waals surface area contributed by atoms with Crippen molar-refractivity contribution in [3.8, 4) is 0 Å². The van der Waals surface area contributed by atoms with E-state index >= 15 is 0 Å². The molecule has 2 aliphatic carbocycles. The summed E-state index contributed by atoms with van der Waals surface area (Å²) < 4.78 is 0. The van der Waals surface area contributed by atoms with Gasteiger partial charge in [-0.25, -0.2) is 0 Å². The van der Waals surface area contributed by atoms with Crippen LogP contribution in [0.5, 0.6) is 0 Å². The van der Waals surface area contributed by atoms with Gasteiger partial charge in [0.25, 0.3) is 0 Å². The lowest BCUT2D eigenvalue weighted by molar-refractivity contribution is 0.219. The van der Waals surface area contributed by atoms with E-state index in [1.54, 1.807) is 0 Å². The monoisotopic (exact) mass is 290 g/mol. The van der Waals surface area contributed by atoms with Crippen molar-refractivity contribution in [2.45, 2.75) is 77.0 Å². The zero-order valence-electron chi connectivity index (χ0n) is 13.8. The van der Waals surface area contributed by atoms with Crippen molar-refractivity contribution in [2.75, 3.05) is 19.8 Å². The molecule has 3 aliphatic rings. The van der Waals surface area contributed by atoms with Crippen LogP contribution in [-0.2, 0) is 0 Å². The third-order valence-electron chi connectivity index (χ3n) is 5.95. The number of hydrogen-bond acceptors (Lipinski definition) is 2. The van der Waals surface area contributed by atoms with Gasteiger partial charge in [-0.15, -0.1) is 0 Å². The van der Waals surface area contributed by atoms with Gasteiger partial charge in [0.1, 0.15) is 0 Å². The Morgan fingerprint density at radius 3 is 1.48 bits per heavy atom. The molecule has 0 aromatic rings. The van der Waals surface area contributed by atoms with Crippen LogP contribution in [-0.4, -0.2) is 29.6 Å². The van der Waals surface area contributed by atoms with Gasteiger partial charge in [-0.05, 0) is 24.7 Å². The SMILES string of the molecule is C1=CN(CCC2CCCCC2)CN1CCC1CCCCC1. The van der Waals surface area contributed by atoms with Crippen LogP contribution in [0.4, 0.5) is 0 Å². The van der Waals surface area contributed by atoms with E-state index in [1.165, 1.54) is 90.1 Å². The van der Waals surface area contributed by atoms with Crippen molar-refractivity contribution in [1.82, 2.24) is 9.80 Å². The fraction of sp³-hybridized carbons (Fsp3) is 0.895. The molecule has 2 fully saturated rings. The summed E-state index contributed by atoms with van der Waals surface area (Å²) in [4.78, 5) is 5.07. The number of rotatable bonds is 6. The van der Waals surface area contributed by atoms with Gasteiger partial charge in [-0.1, -0.05) is 64.2 Å². The molecule has 0 N–H and O–H groups in total. The molecule has 120 valence electrons. The molecule has 0 spiro atoms. The molecule has 1 heterocycles. The lowest BCUT2D eigenvalue weighted by Crippen LogP contribution is -2.28. The largest absolute Gasteiger partial charge is 0.359 e. The van der Waals surface area contributed by atoms with Crippen molar-refractivity contribution in [3.05, 3.63) is 12.4 Å². The zero-order valence-corrected chi connectivity index (χ0v) is 13.8. The highest BCUT2D eigenvalue weighted by Crippen LogP contribution is 2.28. The lowest BCUT2D eigenvalue weighted by Gasteiger charge is -2.27. The molecule has 0 aromatic heterocycles. The van der Waals surface area contributed by atoms with Crippen molar-refractivity contribution in [1.29, 1.82) is 0 Å². The Hall–Kier alpha value is -0.660. The molecule has 2 saturated carbocycles.